The van der Waals surface area contributed by atoms with Crippen LogP contribution < -0.4 is 0 Å². The third kappa shape index (κ3) is 2.66. The summed E-state index contributed by atoms with van der Waals surface area (Å²) in [6.07, 6.45) is 3.57. The van der Waals surface area contributed by atoms with Gasteiger partial charge in [-0.15, -0.1) is 3.71 Å². The lowest BCUT2D eigenvalue weighted by Gasteiger charge is -2.30. The summed E-state index contributed by atoms with van der Waals surface area (Å²) in [4.78, 5) is 0.181. The molecular formula is C13H17NO3S2. The summed E-state index contributed by atoms with van der Waals surface area (Å²) in [5.41, 5.74) is 0.986. The van der Waals surface area contributed by atoms with Crippen molar-refractivity contribution in [3.05, 3.63) is 42.0 Å². The van der Waals surface area contributed by atoms with Gasteiger partial charge in [0.15, 0.2) is 0 Å². The Morgan fingerprint density at radius 2 is 1.68 bits per heavy atom. The molecule has 0 saturated heterocycles. The summed E-state index contributed by atoms with van der Waals surface area (Å²) in [7, 11) is -5.30. The van der Waals surface area contributed by atoms with Crippen molar-refractivity contribution >= 4 is 21.0 Å². The standard InChI is InChI=1S/C13H17NO3S2/c1-10-4-8-13(9-5-10)19(16,17)14-11(2)6-7-12(3)18(14)15/h4-9,11-12H,1-3H3. The molecule has 0 amide bonds. The number of nitrogens with zero attached hydrogens (tertiary/aromatic N) is 1. The summed E-state index contributed by atoms with van der Waals surface area (Å²) >= 11 is 0. The zero-order valence-electron chi connectivity index (χ0n) is 11.1. The first-order chi connectivity index (χ1) is 8.84. The Morgan fingerprint density at radius 3 is 2.26 bits per heavy atom. The van der Waals surface area contributed by atoms with E-state index in [1.165, 1.54) is 0 Å². The molecule has 19 heavy (non-hydrogen) atoms. The van der Waals surface area contributed by atoms with Crippen LogP contribution in [-0.4, -0.2) is 27.6 Å². The maximum Gasteiger partial charge on any atom is 0.254 e. The van der Waals surface area contributed by atoms with Gasteiger partial charge in [-0.2, -0.15) is 0 Å². The van der Waals surface area contributed by atoms with Crippen LogP contribution in [-0.2, 0) is 21.0 Å². The second-order valence-electron chi connectivity index (χ2n) is 4.68. The van der Waals surface area contributed by atoms with Gasteiger partial charge in [0.05, 0.1) is 16.2 Å². The van der Waals surface area contributed by atoms with Crippen molar-refractivity contribution in [2.24, 2.45) is 0 Å². The number of hydrogen-bond acceptors (Lipinski definition) is 3. The topological polar surface area (TPSA) is 54.5 Å². The zero-order valence-corrected chi connectivity index (χ0v) is 12.7. The van der Waals surface area contributed by atoms with Gasteiger partial charge < -0.3 is 0 Å². The second kappa shape index (κ2) is 5.19. The highest BCUT2D eigenvalue weighted by atomic mass is 32.3. The Bertz CT molecular complexity index is 620. The quantitative estimate of drug-likeness (QED) is 0.785. The average molecular weight is 299 g/mol. The SMILES string of the molecule is Cc1ccc(S(=O)(=O)N2C(C)C=CC(C)S2=O)cc1. The maximum absolute atomic E-state index is 12.6. The summed E-state index contributed by atoms with van der Waals surface area (Å²) in [5.74, 6) is 0. The molecule has 1 heterocycles. The molecule has 0 spiro atoms. The number of hydrogen-bond donors (Lipinski definition) is 0. The second-order valence-corrected chi connectivity index (χ2v) is 8.42. The summed E-state index contributed by atoms with van der Waals surface area (Å²) in [6.45, 7) is 5.37. The highest BCUT2D eigenvalue weighted by Gasteiger charge is 2.37. The van der Waals surface area contributed by atoms with Crippen molar-refractivity contribution in [3.63, 3.8) is 0 Å². The maximum atomic E-state index is 12.6. The van der Waals surface area contributed by atoms with Crippen molar-refractivity contribution in [2.75, 3.05) is 0 Å². The molecule has 3 unspecified atom stereocenters. The first kappa shape index (κ1) is 14.4. The highest BCUT2D eigenvalue weighted by Crippen LogP contribution is 2.26. The van der Waals surface area contributed by atoms with Gasteiger partial charge in [0.2, 0.25) is 0 Å². The van der Waals surface area contributed by atoms with Crippen molar-refractivity contribution in [2.45, 2.75) is 37.0 Å². The van der Waals surface area contributed by atoms with E-state index in [9.17, 15) is 12.6 Å². The molecule has 0 aliphatic carbocycles. The largest absolute Gasteiger partial charge is 0.254 e. The minimum Gasteiger partial charge on any atom is -0.241 e. The number of rotatable bonds is 2. The molecule has 1 aromatic carbocycles. The van der Waals surface area contributed by atoms with Gasteiger partial charge in [0, 0.05) is 0 Å². The van der Waals surface area contributed by atoms with Gasteiger partial charge in [-0.25, -0.2) is 12.6 Å². The lowest BCUT2D eigenvalue weighted by Crippen LogP contribution is -2.44. The lowest BCUT2D eigenvalue weighted by molar-refractivity contribution is 0.499. The number of sulfonamides is 1. The average Bonchev–Trinajstić information content (AvgIpc) is 2.34. The molecule has 1 aliphatic rings. The zero-order chi connectivity index (χ0) is 14.2. The predicted molar refractivity (Wildman–Crippen MR) is 76.4 cm³/mol. The molecule has 0 fully saturated rings. The van der Waals surface area contributed by atoms with E-state index in [2.05, 4.69) is 0 Å². The lowest BCUT2D eigenvalue weighted by atomic mass is 10.2. The molecule has 0 radical (unpaired) electrons. The van der Waals surface area contributed by atoms with E-state index >= 15 is 0 Å². The van der Waals surface area contributed by atoms with E-state index in [0.29, 0.717) is 0 Å². The number of benzene rings is 1. The Balaban J connectivity index is 2.47. The minimum atomic E-state index is -3.73. The Labute approximate surface area is 116 Å². The minimum absolute atomic E-state index is 0.181. The molecule has 104 valence electrons. The van der Waals surface area contributed by atoms with Gasteiger partial charge in [-0.1, -0.05) is 29.8 Å². The van der Waals surface area contributed by atoms with Crippen molar-refractivity contribution in [3.8, 4) is 0 Å². The van der Waals surface area contributed by atoms with Crippen LogP contribution in [0.15, 0.2) is 41.3 Å². The van der Waals surface area contributed by atoms with Gasteiger partial charge in [-0.3, -0.25) is 0 Å². The van der Waals surface area contributed by atoms with Crippen LogP contribution in [0, 0.1) is 6.92 Å². The van der Waals surface area contributed by atoms with E-state index in [1.807, 2.05) is 6.92 Å². The van der Waals surface area contributed by atoms with E-state index in [1.54, 1.807) is 50.3 Å². The normalized spacial score (nSPS) is 28.5. The summed E-state index contributed by atoms with van der Waals surface area (Å²) in [5, 5.41) is -0.295. The molecule has 4 nitrogen and oxygen atoms in total. The summed E-state index contributed by atoms with van der Waals surface area (Å²) < 4.78 is 38.4. The van der Waals surface area contributed by atoms with Gasteiger partial charge >= 0.3 is 0 Å². The van der Waals surface area contributed by atoms with Crippen LogP contribution in [0.5, 0.6) is 0 Å². The van der Waals surface area contributed by atoms with Gasteiger partial charge in [0.1, 0.15) is 11.0 Å². The first-order valence-electron chi connectivity index (χ1n) is 6.04. The van der Waals surface area contributed by atoms with Gasteiger partial charge in [0.25, 0.3) is 10.0 Å². The van der Waals surface area contributed by atoms with Crippen molar-refractivity contribution in [1.82, 2.24) is 3.71 Å². The molecule has 0 bridgehead atoms. The molecule has 2 rings (SSSR count). The third-order valence-corrected chi connectivity index (χ3v) is 7.23. The molecule has 0 aromatic heterocycles. The fourth-order valence-corrected chi connectivity index (χ4v) is 5.50. The Kier molecular flexibility index (Phi) is 3.94. The van der Waals surface area contributed by atoms with E-state index in [4.69, 9.17) is 0 Å². The fourth-order valence-electron chi connectivity index (χ4n) is 1.91. The van der Waals surface area contributed by atoms with Crippen LogP contribution >= 0.6 is 0 Å². The first-order valence-corrected chi connectivity index (χ1v) is 8.65. The Morgan fingerprint density at radius 1 is 1.11 bits per heavy atom. The fraction of sp³-hybridized carbons (Fsp3) is 0.385. The monoisotopic (exact) mass is 299 g/mol. The van der Waals surface area contributed by atoms with Crippen LogP contribution in [0.2, 0.25) is 0 Å². The third-order valence-electron chi connectivity index (χ3n) is 3.04. The van der Waals surface area contributed by atoms with E-state index in [-0.39, 0.29) is 10.1 Å². The molecule has 1 aromatic rings. The molecular weight excluding hydrogens is 282 g/mol. The predicted octanol–water partition coefficient (Wildman–Crippen LogP) is 2.00. The molecule has 0 N–H and O–H groups in total. The van der Waals surface area contributed by atoms with Crippen molar-refractivity contribution in [1.29, 1.82) is 0 Å². The van der Waals surface area contributed by atoms with Crippen molar-refractivity contribution < 1.29 is 12.6 Å². The summed E-state index contributed by atoms with van der Waals surface area (Å²) in [6, 6.07) is 6.19. The molecule has 3 atom stereocenters. The highest BCUT2D eigenvalue weighted by molar-refractivity contribution is 8.01. The Hall–Kier alpha value is -0.980. The number of aryl methyl sites for hydroxylation is 1. The van der Waals surface area contributed by atoms with Crippen LogP contribution in [0.25, 0.3) is 0 Å². The molecule has 6 heteroatoms. The molecule has 0 saturated carbocycles. The van der Waals surface area contributed by atoms with Gasteiger partial charge in [-0.05, 0) is 32.9 Å². The van der Waals surface area contributed by atoms with Crippen LogP contribution in [0.3, 0.4) is 0 Å². The van der Waals surface area contributed by atoms with E-state index in [0.717, 1.165) is 9.27 Å². The molecule has 1 aliphatic heterocycles. The smallest absolute Gasteiger partial charge is 0.241 e. The van der Waals surface area contributed by atoms with E-state index < -0.39 is 27.1 Å². The van der Waals surface area contributed by atoms with Crippen LogP contribution in [0.4, 0.5) is 0 Å². The van der Waals surface area contributed by atoms with Crippen LogP contribution in [0.1, 0.15) is 19.4 Å².